The van der Waals surface area contributed by atoms with E-state index in [1.54, 1.807) is 0 Å². The summed E-state index contributed by atoms with van der Waals surface area (Å²) in [6, 6.07) is 10.2. The van der Waals surface area contributed by atoms with Gasteiger partial charge >= 0.3 is 5.97 Å². The molecule has 2 heterocycles. The molecule has 0 bridgehead atoms. The van der Waals surface area contributed by atoms with Crippen LogP contribution in [0.4, 0.5) is 0 Å². The third-order valence-electron chi connectivity index (χ3n) is 4.86. The number of fused-ring (bicyclic) bond motifs is 1. The lowest BCUT2D eigenvalue weighted by molar-refractivity contribution is -0.149. The Morgan fingerprint density at radius 2 is 2.04 bits per heavy atom. The van der Waals surface area contributed by atoms with Gasteiger partial charge in [0.2, 0.25) is 0 Å². The van der Waals surface area contributed by atoms with Crippen LogP contribution in [0.5, 0.6) is 0 Å². The highest BCUT2D eigenvalue weighted by Crippen LogP contribution is 2.20. The zero-order chi connectivity index (χ0) is 19.1. The van der Waals surface area contributed by atoms with E-state index in [9.17, 15) is 4.79 Å². The number of para-hydroxylation sites is 1. The largest absolute Gasteiger partial charge is 0.466 e. The molecule has 144 valence electrons. The van der Waals surface area contributed by atoms with Gasteiger partial charge in [-0.1, -0.05) is 24.3 Å². The predicted octanol–water partition coefficient (Wildman–Crippen LogP) is 2.98. The minimum absolute atomic E-state index is 0.00587. The summed E-state index contributed by atoms with van der Waals surface area (Å²) in [7, 11) is 0. The van der Waals surface area contributed by atoms with E-state index in [-0.39, 0.29) is 11.9 Å². The molecule has 0 spiro atoms. The molecule has 6 nitrogen and oxygen atoms in total. The Hall–Kier alpha value is -2.63. The van der Waals surface area contributed by atoms with Crippen LogP contribution >= 0.6 is 0 Å². The average molecular weight is 368 g/mol. The number of esters is 1. The monoisotopic (exact) mass is 368 g/mol. The summed E-state index contributed by atoms with van der Waals surface area (Å²) in [4.78, 5) is 23.5. The molecule has 3 rings (SSSR count). The van der Waals surface area contributed by atoms with Gasteiger partial charge in [0.15, 0.2) is 5.96 Å². The summed E-state index contributed by atoms with van der Waals surface area (Å²) in [5, 5.41) is 4.51. The van der Waals surface area contributed by atoms with Gasteiger partial charge in [-0.15, -0.1) is 0 Å². The number of ether oxygens (including phenoxy) is 1. The highest BCUT2D eigenvalue weighted by atomic mass is 16.5. The molecule has 0 amide bonds. The van der Waals surface area contributed by atoms with E-state index in [2.05, 4.69) is 40.3 Å². The fourth-order valence-electron chi connectivity index (χ4n) is 3.47. The van der Waals surface area contributed by atoms with Crippen LogP contribution in [0.2, 0.25) is 0 Å². The minimum Gasteiger partial charge on any atom is -0.466 e. The maximum Gasteiger partial charge on any atom is 0.309 e. The fourth-order valence-corrected chi connectivity index (χ4v) is 3.47. The quantitative estimate of drug-likeness (QED) is 0.499. The number of nitrogens with zero attached hydrogens (tertiary/aromatic N) is 3. The Morgan fingerprint density at radius 3 is 2.78 bits per heavy atom. The molecule has 1 aliphatic heterocycles. The van der Waals surface area contributed by atoms with Crippen molar-refractivity contribution in [2.24, 2.45) is 10.9 Å². The van der Waals surface area contributed by atoms with Gasteiger partial charge in [-0.3, -0.25) is 9.78 Å². The Morgan fingerprint density at radius 1 is 1.26 bits per heavy atom. The molecular formula is C21H28N4O2. The van der Waals surface area contributed by atoms with Crippen LogP contribution in [0.15, 0.2) is 41.5 Å². The molecule has 0 aliphatic carbocycles. The number of carbonyl (C=O) groups is 1. The van der Waals surface area contributed by atoms with Gasteiger partial charge in [-0.25, -0.2) is 4.99 Å². The lowest BCUT2D eigenvalue weighted by Crippen LogP contribution is -2.46. The first kappa shape index (κ1) is 19.1. The van der Waals surface area contributed by atoms with E-state index < -0.39 is 0 Å². The van der Waals surface area contributed by atoms with Crippen LogP contribution < -0.4 is 5.32 Å². The van der Waals surface area contributed by atoms with Crippen molar-refractivity contribution in [2.45, 2.75) is 33.2 Å². The van der Waals surface area contributed by atoms with Gasteiger partial charge in [0.05, 0.1) is 24.6 Å². The van der Waals surface area contributed by atoms with E-state index >= 15 is 0 Å². The van der Waals surface area contributed by atoms with Crippen molar-refractivity contribution in [3.63, 3.8) is 0 Å². The maximum absolute atomic E-state index is 11.9. The van der Waals surface area contributed by atoms with Gasteiger partial charge in [0, 0.05) is 31.2 Å². The second-order valence-corrected chi connectivity index (χ2v) is 6.68. The molecule has 0 radical (unpaired) electrons. The Kier molecular flexibility index (Phi) is 6.63. The first-order valence-corrected chi connectivity index (χ1v) is 9.75. The second-order valence-electron chi connectivity index (χ2n) is 6.68. The fraction of sp³-hybridized carbons (Fsp3) is 0.476. The molecule has 1 saturated heterocycles. The first-order valence-electron chi connectivity index (χ1n) is 9.75. The Balaban J connectivity index is 1.69. The van der Waals surface area contributed by atoms with Crippen LogP contribution in [0.1, 0.15) is 32.3 Å². The molecule has 1 fully saturated rings. The lowest BCUT2D eigenvalue weighted by Gasteiger charge is -2.33. The number of aliphatic imine (C=N–C) groups is 1. The first-order chi connectivity index (χ1) is 13.2. The number of pyridine rings is 1. The predicted molar refractivity (Wildman–Crippen MR) is 107 cm³/mol. The van der Waals surface area contributed by atoms with Crippen molar-refractivity contribution >= 4 is 22.8 Å². The molecule has 1 aromatic carbocycles. The van der Waals surface area contributed by atoms with Gasteiger partial charge in [0.25, 0.3) is 0 Å². The molecule has 2 aromatic rings. The molecule has 6 heteroatoms. The van der Waals surface area contributed by atoms with E-state index in [0.717, 1.165) is 54.9 Å². The van der Waals surface area contributed by atoms with Gasteiger partial charge in [-0.05, 0) is 38.3 Å². The number of nitrogens with one attached hydrogen (secondary N) is 1. The lowest BCUT2D eigenvalue weighted by atomic mass is 9.97. The van der Waals surface area contributed by atoms with Crippen LogP contribution in [-0.4, -0.2) is 48.1 Å². The topological polar surface area (TPSA) is 66.8 Å². The summed E-state index contributed by atoms with van der Waals surface area (Å²) in [6.07, 6.45) is 3.43. The highest BCUT2D eigenvalue weighted by Gasteiger charge is 2.27. The average Bonchev–Trinajstić information content (AvgIpc) is 2.71. The molecule has 0 saturated carbocycles. The number of guanidine groups is 1. The van der Waals surface area contributed by atoms with E-state index in [4.69, 9.17) is 9.73 Å². The summed E-state index contributed by atoms with van der Waals surface area (Å²) in [5.74, 6) is 0.833. The molecule has 27 heavy (non-hydrogen) atoms. The number of hydrogen-bond donors (Lipinski definition) is 1. The third-order valence-corrected chi connectivity index (χ3v) is 4.86. The van der Waals surface area contributed by atoms with Crippen molar-refractivity contribution in [1.29, 1.82) is 0 Å². The van der Waals surface area contributed by atoms with Gasteiger partial charge in [-0.2, -0.15) is 0 Å². The number of aromatic nitrogens is 1. The van der Waals surface area contributed by atoms with Crippen molar-refractivity contribution in [3.8, 4) is 0 Å². The van der Waals surface area contributed by atoms with Crippen LogP contribution in [0, 0.1) is 5.92 Å². The number of rotatable bonds is 5. The molecule has 1 aromatic heterocycles. The summed E-state index contributed by atoms with van der Waals surface area (Å²) >= 11 is 0. The Bertz CT molecular complexity index is 792. The smallest absolute Gasteiger partial charge is 0.309 e. The molecule has 0 atom stereocenters. The molecular weight excluding hydrogens is 340 g/mol. The molecule has 0 unspecified atom stereocenters. The van der Waals surface area contributed by atoms with Crippen molar-refractivity contribution in [1.82, 2.24) is 15.2 Å². The van der Waals surface area contributed by atoms with E-state index in [1.807, 2.05) is 25.3 Å². The SMILES string of the molecule is CCNC(=NCc1cccc2cccnc12)N1CCC(C(=O)OCC)CC1. The number of carbonyl (C=O) groups excluding carboxylic acids is 1. The van der Waals surface area contributed by atoms with Gasteiger partial charge in [0.1, 0.15) is 0 Å². The number of hydrogen-bond acceptors (Lipinski definition) is 4. The normalized spacial score (nSPS) is 15.8. The van der Waals surface area contributed by atoms with Crippen LogP contribution in [0.25, 0.3) is 10.9 Å². The van der Waals surface area contributed by atoms with E-state index in [0.29, 0.717) is 13.2 Å². The molecule has 1 aliphatic rings. The van der Waals surface area contributed by atoms with E-state index in [1.165, 1.54) is 0 Å². The summed E-state index contributed by atoms with van der Waals surface area (Å²) in [6.45, 7) is 7.37. The maximum atomic E-state index is 11.9. The molecule has 1 N–H and O–H groups in total. The van der Waals surface area contributed by atoms with Crippen LogP contribution in [0.3, 0.4) is 0 Å². The third kappa shape index (κ3) is 4.76. The Labute approximate surface area is 160 Å². The zero-order valence-corrected chi connectivity index (χ0v) is 16.1. The summed E-state index contributed by atoms with van der Waals surface area (Å²) in [5.41, 5.74) is 2.12. The highest BCUT2D eigenvalue weighted by molar-refractivity contribution is 5.83. The summed E-state index contributed by atoms with van der Waals surface area (Å²) < 4.78 is 5.16. The van der Waals surface area contributed by atoms with Crippen molar-refractivity contribution < 1.29 is 9.53 Å². The second kappa shape index (κ2) is 9.35. The zero-order valence-electron chi connectivity index (χ0n) is 16.1. The van der Waals surface area contributed by atoms with Crippen LogP contribution in [-0.2, 0) is 16.1 Å². The number of likely N-dealkylation sites (tertiary alicyclic amines) is 1. The standard InChI is InChI=1S/C21H28N4O2/c1-3-22-21(25-13-10-17(11-14-25)20(26)27-4-2)24-15-18-8-5-7-16-9-6-12-23-19(16)18/h5-9,12,17H,3-4,10-11,13-15H2,1-2H3,(H,22,24). The minimum atomic E-state index is -0.0686. The van der Waals surface area contributed by atoms with Crippen molar-refractivity contribution in [3.05, 3.63) is 42.1 Å². The number of benzene rings is 1. The van der Waals surface area contributed by atoms with Crippen molar-refractivity contribution in [2.75, 3.05) is 26.2 Å². The van der Waals surface area contributed by atoms with Gasteiger partial charge < -0.3 is 15.0 Å². The number of piperidine rings is 1.